The van der Waals surface area contributed by atoms with E-state index in [1.54, 1.807) is 0 Å². The van der Waals surface area contributed by atoms with Crippen LogP contribution in [0.3, 0.4) is 0 Å². The van der Waals surface area contributed by atoms with Gasteiger partial charge in [-0.3, -0.25) is 39.0 Å². The first kappa shape index (κ1) is 31.9. The number of nitrogens with zero attached hydrogens (tertiary/aromatic N) is 1. The summed E-state index contributed by atoms with van der Waals surface area (Å²) in [4.78, 5) is 76.4. The van der Waals surface area contributed by atoms with Crippen molar-refractivity contribution in [3.05, 3.63) is 65.2 Å². The van der Waals surface area contributed by atoms with E-state index in [2.05, 4.69) is 21.3 Å². The minimum Gasteiger partial charge on any atom is -0.480 e. The second-order valence-electron chi connectivity index (χ2n) is 10.6. The summed E-state index contributed by atoms with van der Waals surface area (Å²) in [5.74, 6) is -3.68. The lowest BCUT2D eigenvalue weighted by Gasteiger charge is -2.27. The molecule has 0 aromatic heterocycles. The van der Waals surface area contributed by atoms with Crippen LogP contribution in [0.4, 0.5) is 5.69 Å². The SMILES string of the molecule is CNC(=O)[C@H](Cc1ccccc1)NC(=O)[C@H](CC(C)C)NC(CCN1C(=O)c2ccc(NC(C)=O)cc2C1=O)C(=O)O. The van der Waals surface area contributed by atoms with Gasteiger partial charge >= 0.3 is 5.97 Å². The van der Waals surface area contributed by atoms with Gasteiger partial charge in [0.15, 0.2) is 0 Å². The molecule has 0 radical (unpaired) electrons. The number of carboxylic acid groups (broad SMARTS) is 1. The smallest absolute Gasteiger partial charge is 0.320 e. The van der Waals surface area contributed by atoms with Gasteiger partial charge in [-0.2, -0.15) is 0 Å². The van der Waals surface area contributed by atoms with E-state index in [0.717, 1.165) is 10.5 Å². The van der Waals surface area contributed by atoms with Gasteiger partial charge in [0.25, 0.3) is 11.8 Å². The Labute approximate surface area is 244 Å². The van der Waals surface area contributed by atoms with Crippen LogP contribution in [-0.4, -0.2) is 77.2 Å². The molecule has 2 aromatic rings. The highest BCUT2D eigenvalue weighted by Crippen LogP contribution is 2.26. The number of fused-ring (bicyclic) bond motifs is 1. The molecule has 0 saturated heterocycles. The van der Waals surface area contributed by atoms with Crippen LogP contribution in [0, 0.1) is 5.92 Å². The molecule has 0 saturated carbocycles. The minimum atomic E-state index is -1.27. The Balaban J connectivity index is 1.72. The minimum absolute atomic E-state index is 0.00399. The summed E-state index contributed by atoms with van der Waals surface area (Å²) in [6.45, 7) is 4.87. The number of carboxylic acids is 1. The van der Waals surface area contributed by atoms with Gasteiger partial charge in [-0.25, -0.2) is 0 Å². The Bertz CT molecular complexity index is 1340. The van der Waals surface area contributed by atoms with E-state index in [1.807, 2.05) is 44.2 Å². The molecule has 1 aliphatic heterocycles. The molecule has 5 N–H and O–H groups in total. The van der Waals surface area contributed by atoms with Gasteiger partial charge in [0.2, 0.25) is 17.7 Å². The molecular weight excluding hydrogens is 542 g/mol. The van der Waals surface area contributed by atoms with E-state index in [-0.39, 0.29) is 48.8 Å². The number of likely N-dealkylation sites (N-methyl/N-ethyl adjacent to an activating group) is 1. The maximum atomic E-state index is 13.4. The van der Waals surface area contributed by atoms with Crippen molar-refractivity contribution in [1.82, 2.24) is 20.9 Å². The number of hydrogen-bond donors (Lipinski definition) is 5. The first-order valence-electron chi connectivity index (χ1n) is 13.7. The van der Waals surface area contributed by atoms with Crippen molar-refractivity contribution in [1.29, 1.82) is 0 Å². The van der Waals surface area contributed by atoms with Crippen LogP contribution >= 0.6 is 0 Å². The summed E-state index contributed by atoms with van der Waals surface area (Å²) in [7, 11) is 1.47. The van der Waals surface area contributed by atoms with Gasteiger partial charge < -0.3 is 21.1 Å². The van der Waals surface area contributed by atoms with Crippen molar-refractivity contribution in [2.45, 2.75) is 58.2 Å². The molecule has 224 valence electrons. The Kier molecular flexibility index (Phi) is 10.9. The average molecular weight is 580 g/mol. The van der Waals surface area contributed by atoms with Crippen LogP contribution < -0.4 is 21.3 Å². The normalized spacial score (nSPS) is 14.6. The Morgan fingerprint density at radius 1 is 0.881 bits per heavy atom. The van der Waals surface area contributed by atoms with E-state index in [4.69, 9.17) is 0 Å². The summed E-state index contributed by atoms with van der Waals surface area (Å²) in [5.41, 5.74) is 1.47. The first-order chi connectivity index (χ1) is 19.9. The number of carbonyl (C=O) groups excluding carboxylic acids is 5. The van der Waals surface area contributed by atoms with Gasteiger partial charge in [0.1, 0.15) is 12.1 Å². The third kappa shape index (κ3) is 8.23. The maximum Gasteiger partial charge on any atom is 0.320 e. The van der Waals surface area contributed by atoms with E-state index in [0.29, 0.717) is 5.69 Å². The number of amides is 5. The summed E-state index contributed by atoms with van der Waals surface area (Å²) >= 11 is 0. The highest BCUT2D eigenvalue weighted by atomic mass is 16.4. The molecule has 3 atom stereocenters. The number of imide groups is 1. The number of hydrogen-bond acceptors (Lipinski definition) is 7. The predicted molar refractivity (Wildman–Crippen MR) is 155 cm³/mol. The summed E-state index contributed by atoms with van der Waals surface area (Å²) in [5, 5.41) is 20.7. The van der Waals surface area contributed by atoms with Crippen molar-refractivity contribution in [3.8, 4) is 0 Å². The molecule has 0 aliphatic carbocycles. The second-order valence-corrected chi connectivity index (χ2v) is 10.6. The van der Waals surface area contributed by atoms with Crippen LogP contribution in [0.2, 0.25) is 0 Å². The van der Waals surface area contributed by atoms with Gasteiger partial charge in [-0.15, -0.1) is 0 Å². The fraction of sp³-hybridized carbons (Fsp3) is 0.400. The number of anilines is 1. The van der Waals surface area contributed by atoms with Gasteiger partial charge in [-0.1, -0.05) is 44.2 Å². The molecule has 42 heavy (non-hydrogen) atoms. The zero-order chi connectivity index (χ0) is 31.0. The van der Waals surface area contributed by atoms with Crippen molar-refractivity contribution < 1.29 is 33.9 Å². The lowest BCUT2D eigenvalue weighted by molar-refractivity contribution is -0.140. The Morgan fingerprint density at radius 2 is 1.55 bits per heavy atom. The molecule has 3 rings (SSSR count). The van der Waals surface area contributed by atoms with Gasteiger partial charge in [0.05, 0.1) is 17.2 Å². The number of carbonyl (C=O) groups is 6. The molecule has 0 fully saturated rings. The monoisotopic (exact) mass is 579 g/mol. The molecule has 5 amide bonds. The lowest BCUT2D eigenvalue weighted by atomic mass is 10.00. The van der Waals surface area contributed by atoms with Gasteiger partial charge in [-0.05, 0) is 42.5 Å². The van der Waals surface area contributed by atoms with Crippen molar-refractivity contribution in [2.24, 2.45) is 5.92 Å². The number of aliphatic carboxylic acids is 1. The van der Waals surface area contributed by atoms with Crippen LogP contribution in [-0.2, 0) is 25.6 Å². The molecule has 12 heteroatoms. The largest absolute Gasteiger partial charge is 0.480 e. The molecule has 0 bridgehead atoms. The molecule has 2 aromatic carbocycles. The summed E-state index contributed by atoms with van der Waals surface area (Å²) < 4.78 is 0. The number of nitrogens with one attached hydrogen (secondary N) is 4. The predicted octanol–water partition coefficient (Wildman–Crippen LogP) is 1.56. The Morgan fingerprint density at radius 3 is 2.14 bits per heavy atom. The summed E-state index contributed by atoms with van der Waals surface area (Å²) in [6, 6.07) is 10.4. The van der Waals surface area contributed by atoms with Crippen LogP contribution in [0.25, 0.3) is 0 Å². The molecule has 0 spiro atoms. The maximum absolute atomic E-state index is 13.4. The molecule has 12 nitrogen and oxygen atoms in total. The van der Waals surface area contributed by atoms with E-state index in [9.17, 15) is 33.9 Å². The van der Waals surface area contributed by atoms with E-state index < -0.39 is 47.7 Å². The molecular formula is C30H37N5O7. The van der Waals surface area contributed by atoms with E-state index in [1.165, 1.54) is 32.2 Å². The topological polar surface area (TPSA) is 174 Å². The fourth-order valence-corrected chi connectivity index (χ4v) is 4.78. The number of rotatable bonds is 14. The molecule has 1 heterocycles. The summed E-state index contributed by atoms with van der Waals surface area (Å²) in [6.07, 6.45) is 0.358. The quantitative estimate of drug-likeness (QED) is 0.210. The molecule has 1 unspecified atom stereocenters. The van der Waals surface area contributed by atoms with Crippen molar-refractivity contribution in [2.75, 3.05) is 18.9 Å². The standard InChI is InChI=1S/C30H37N5O7/c1-17(2)14-24(27(38)34-25(26(37)31-4)15-19-8-6-5-7-9-19)33-23(30(41)42)12-13-35-28(39)21-11-10-20(32-18(3)36)16-22(21)29(35)40/h5-11,16-17,23-25,33H,12-15H2,1-4H3,(H,31,37)(H,32,36)(H,34,38)(H,41,42)/t23?,24-,25-/m0/s1. The van der Waals surface area contributed by atoms with Crippen LogP contribution in [0.5, 0.6) is 0 Å². The van der Waals surface area contributed by atoms with Crippen LogP contribution in [0.1, 0.15) is 59.9 Å². The van der Waals surface area contributed by atoms with E-state index >= 15 is 0 Å². The van der Waals surface area contributed by atoms with Crippen molar-refractivity contribution in [3.63, 3.8) is 0 Å². The fourth-order valence-electron chi connectivity index (χ4n) is 4.78. The lowest BCUT2D eigenvalue weighted by Crippen LogP contribution is -2.56. The zero-order valence-electron chi connectivity index (χ0n) is 24.1. The number of benzene rings is 2. The van der Waals surface area contributed by atoms with Crippen molar-refractivity contribution >= 4 is 41.2 Å². The zero-order valence-corrected chi connectivity index (χ0v) is 24.1. The highest BCUT2D eigenvalue weighted by molar-refractivity contribution is 6.21. The highest BCUT2D eigenvalue weighted by Gasteiger charge is 2.37. The van der Waals surface area contributed by atoms with Gasteiger partial charge in [0, 0.05) is 32.6 Å². The van der Waals surface area contributed by atoms with Crippen LogP contribution in [0.15, 0.2) is 48.5 Å². The molecule has 1 aliphatic rings. The third-order valence-electron chi connectivity index (χ3n) is 6.82. The Hall–Kier alpha value is -4.58. The average Bonchev–Trinajstić information content (AvgIpc) is 3.17. The third-order valence-corrected chi connectivity index (χ3v) is 6.82. The second kappa shape index (κ2) is 14.4. The first-order valence-corrected chi connectivity index (χ1v) is 13.7.